The van der Waals surface area contributed by atoms with Gasteiger partial charge in [-0.25, -0.2) is 4.68 Å². The smallest absolute Gasteiger partial charge is 0.279 e. The summed E-state index contributed by atoms with van der Waals surface area (Å²) < 4.78 is 1.19. The van der Waals surface area contributed by atoms with Gasteiger partial charge >= 0.3 is 0 Å². The third kappa shape index (κ3) is 2.25. The molecular weight excluding hydrogens is 268 g/mol. The summed E-state index contributed by atoms with van der Waals surface area (Å²) in [5.41, 5.74) is 0.0404. The number of H-pyrrole nitrogens is 1. The van der Waals surface area contributed by atoms with Crippen LogP contribution < -0.4 is 5.56 Å². The van der Waals surface area contributed by atoms with Crippen molar-refractivity contribution in [1.29, 1.82) is 0 Å². The topological polar surface area (TPSA) is 75.1 Å². The van der Waals surface area contributed by atoms with Gasteiger partial charge in [0.1, 0.15) is 0 Å². The predicted octanol–water partition coefficient (Wildman–Crippen LogP) is 2.10. The molecule has 21 heavy (non-hydrogen) atoms. The SMILES string of the molecule is O=C(c1ccccc1)c1c(O)n(-c2ccccc2)[nH]c1=O. The first-order valence-corrected chi connectivity index (χ1v) is 6.37. The van der Waals surface area contributed by atoms with Gasteiger partial charge in [0.15, 0.2) is 5.56 Å². The van der Waals surface area contributed by atoms with E-state index < -0.39 is 11.3 Å². The zero-order valence-electron chi connectivity index (χ0n) is 11.0. The molecule has 0 aliphatic rings. The van der Waals surface area contributed by atoms with Crippen molar-refractivity contribution in [3.8, 4) is 11.6 Å². The van der Waals surface area contributed by atoms with E-state index in [2.05, 4.69) is 5.10 Å². The number of benzene rings is 2. The van der Waals surface area contributed by atoms with Crippen molar-refractivity contribution < 1.29 is 9.90 Å². The molecule has 0 saturated carbocycles. The Morgan fingerprint density at radius 1 is 0.952 bits per heavy atom. The van der Waals surface area contributed by atoms with E-state index in [1.165, 1.54) is 4.68 Å². The molecule has 0 spiro atoms. The minimum Gasteiger partial charge on any atom is -0.493 e. The maximum atomic E-state index is 12.3. The van der Waals surface area contributed by atoms with E-state index in [0.29, 0.717) is 11.3 Å². The lowest BCUT2D eigenvalue weighted by molar-refractivity contribution is 0.103. The molecule has 0 amide bonds. The molecule has 104 valence electrons. The first-order chi connectivity index (χ1) is 10.2. The van der Waals surface area contributed by atoms with Crippen molar-refractivity contribution >= 4 is 5.78 Å². The zero-order chi connectivity index (χ0) is 14.8. The Bertz CT molecular complexity index is 833. The highest BCUT2D eigenvalue weighted by atomic mass is 16.3. The number of aromatic nitrogens is 2. The monoisotopic (exact) mass is 280 g/mol. The van der Waals surface area contributed by atoms with Crippen molar-refractivity contribution in [2.45, 2.75) is 0 Å². The van der Waals surface area contributed by atoms with Gasteiger partial charge in [0.2, 0.25) is 11.7 Å². The molecule has 2 aromatic carbocycles. The molecule has 3 aromatic rings. The van der Waals surface area contributed by atoms with E-state index in [0.717, 1.165) is 0 Å². The lowest BCUT2D eigenvalue weighted by Crippen LogP contribution is -2.13. The standard InChI is InChI=1S/C16H12N2O3/c19-14(11-7-3-1-4-8-11)13-15(20)17-18(16(13)21)12-9-5-2-6-10-12/h1-10,21H,(H,17,20). The molecule has 0 unspecified atom stereocenters. The minimum absolute atomic E-state index is 0.259. The van der Waals surface area contributed by atoms with E-state index in [-0.39, 0.29) is 11.4 Å². The Morgan fingerprint density at radius 3 is 2.14 bits per heavy atom. The van der Waals surface area contributed by atoms with Crippen molar-refractivity contribution in [3.63, 3.8) is 0 Å². The van der Waals surface area contributed by atoms with Gasteiger partial charge in [-0.2, -0.15) is 0 Å². The molecule has 1 heterocycles. The number of para-hydroxylation sites is 1. The van der Waals surface area contributed by atoms with E-state index in [1.807, 2.05) is 6.07 Å². The third-order valence-electron chi connectivity index (χ3n) is 3.15. The van der Waals surface area contributed by atoms with Gasteiger partial charge in [0.25, 0.3) is 5.56 Å². The fourth-order valence-corrected chi connectivity index (χ4v) is 2.13. The molecule has 5 nitrogen and oxygen atoms in total. The first-order valence-electron chi connectivity index (χ1n) is 6.37. The fourth-order valence-electron chi connectivity index (χ4n) is 2.13. The van der Waals surface area contributed by atoms with Crippen molar-refractivity contribution in [3.05, 3.63) is 82.1 Å². The number of hydrogen-bond acceptors (Lipinski definition) is 3. The van der Waals surface area contributed by atoms with Gasteiger partial charge in [-0.05, 0) is 12.1 Å². The second kappa shape index (κ2) is 5.13. The van der Waals surface area contributed by atoms with Gasteiger partial charge < -0.3 is 5.11 Å². The van der Waals surface area contributed by atoms with Gasteiger partial charge in [-0.3, -0.25) is 14.7 Å². The number of nitrogens with one attached hydrogen (secondary N) is 1. The Labute approximate surface area is 120 Å². The zero-order valence-corrected chi connectivity index (χ0v) is 11.0. The van der Waals surface area contributed by atoms with Crippen molar-refractivity contribution in [1.82, 2.24) is 9.78 Å². The van der Waals surface area contributed by atoms with Gasteiger partial charge in [-0.1, -0.05) is 48.5 Å². The van der Waals surface area contributed by atoms with Crippen LogP contribution in [0.15, 0.2) is 65.5 Å². The number of rotatable bonds is 3. The van der Waals surface area contributed by atoms with Crippen LogP contribution in [0, 0.1) is 0 Å². The molecular formula is C16H12N2O3. The molecule has 3 rings (SSSR count). The quantitative estimate of drug-likeness (QED) is 0.721. The number of ketones is 1. The Morgan fingerprint density at radius 2 is 1.52 bits per heavy atom. The Kier molecular flexibility index (Phi) is 3.16. The van der Waals surface area contributed by atoms with Crippen LogP contribution in [0.25, 0.3) is 5.69 Å². The Balaban J connectivity index is 2.12. The molecule has 1 aromatic heterocycles. The molecule has 0 radical (unpaired) electrons. The highest BCUT2D eigenvalue weighted by Gasteiger charge is 2.22. The second-order valence-electron chi connectivity index (χ2n) is 4.51. The van der Waals surface area contributed by atoms with Crippen LogP contribution in [0.4, 0.5) is 0 Å². The summed E-state index contributed by atoms with van der Waals surface area (Å²) in [4.78, 5) is 24.3. The maximum Gasteiger partial charge on any atom is 0.279 e. The molecule has 0 aliphatic carbocycles. The van der Waals surface area contributed by atoms with Crippen molar-refractivity contribution in [2.75, 3.05) is 0 Å². The molecule has 0 aliphatic heterocycles. The number of hydrogen-bond donors (Lipinski definition) is 2. The number of carbonyl (C=O) groups is 1. The summed E-state index contributed by atoms with van der Waals surface area (Å²) in [5.74, 6) is -0.899. The molecule has 0 atom stereocenters. The van der Waals surface area contributed by atoms with Crippen molar-refractivity contribution in [2.24, 2.45) is 0 Å². The molecule has 0 bridgehead atoms. The summed E-state index contributed by atoms with van der Waals surface area (Å²) in [5, 5.41) is 12.7. The summed E-state index contributed by atoms with van der Waals surface area (Å²) >= 11 is 0. The van der Waals surface area contributed by atoms with Crippen LogP contribution in [-0.2, 0) is 0 Å². The molecule has 0 fully saturated rings. The van der Waals surface area contributed by atoms with Gasteiger partial charge in [-0.15, -0.1) is 0 Å². The largest absolute Gasteiger partial charge is 0.493 e. The highest BCUT2D eigenvalue weighted by molar-refractivity contribution is 6.10. The summed E-state index contributed by atoms with van der Waals surface area (Å²) in [6.45, 7) is 0. The van der Waals surface area contributed by atoms with Crippen LogP contribution in [-0.4, -0.2) is 20.7 Å². The number of nitrogens with zero attached hydrogens (tertiary/aromatic N) is 1. The fraction of sp³-hybridized carbons (Fsp3) is 0. The lowest BCUT2D eigenvalue weighted by atomic mass is 10.1. The third-order valence-corrected chi connectivity index (χ3v) is 3.15. The van der Waals surface area contributed by atoms with Crippen LogP contribution in [0.1, 0.15) is 15.9 Å². The van der Waals surface area contributed by atoms with Gasteiger partial charge in [0.05, 0.1) is 5.69 Å². The predicted molar refractivity (Wildman–Crippen MR) is 77.9 cm³/mol. The summed E-state index contributed by atoms with van der Waals surface area (Å²) in [7, 11) is 0. The van der Waals surface area contributed by atoms with Crippen LogP contribution >= 0.6 is 0 Å². The summed E-state index contributed by atoms with van der Waals surface area (Å²) in [6, 6.07) is 17.2. The van der Waals surface area contributed by atoms with Crippen LogP contribution in [0.2, 0.25) is 0 Å². The van der Waals surface area contributed by atoms with E-state index >= 15 is 0 Å². The van der Waals surface area contributed by atoms with E-state index in [1.54, 1.807) is 54.6 Å². The summed E-state index contributed by atoms with van der Waals surface area (Å²) in [6.07, 6.45) is 0. The van der Waals surface area contributed by atoms with E-state index in [4.69, 9.17) is 0 Å². The second-order valence-corrected chi connectivity index (χ2v) is 4.51. The normalized spacial score (nSPS) is 10.5. The van der Waals surface area contributed by atoms with E-state index in [9.17, 15) is 14.7 Å². The highest BCUT2D eigenvalue weighted by Crippen LogP contribution is 2.20. The minimum atomic E-state index is -0.620. The van der Waals surface area contributed by atoms with Gasteiger partial charge in [0, 0.05) is 5.56 Å². The number of carbonyl (C=O) groups excluding carboxylic acids is 1. The van der Waals surface area contributed by atoms with Crippen LogP contribution in [0.3, 0.4) is 0 Å². The lowest BCUT2D eigenvalue weighted by Gasteiger charge is -2.03. The number of aromatic hydroxyl groups is 1. The Hall–Kier alpha value is -3.08. The average Bonchev–Trinajstić information content (AvgIpc) is 2.83. The van der Waals surface area contributed by atoms with Crippen LogP contribution in [0.5, 0.6) is 5.88 Å². The molecule has 5 heteroatoms. The first kappa shape index (κ1) is 12.9. The maximum absolute atomic E-state index is 12.3. The molecule has 2 N–H and O–H groups in total. The number of aromatic amines is 1. The molecule has 0 saturated heterocycles. The average molecular weight is 280 g/mol.